The lowest BCUT2D eigenvalue weighted by molar-refractivity contribution is 0.0978. The highest BCUT2D eigenvalue weighted by Gasteiger charge is 2.28. The van der Waals surface area contributed by atoms with E-state index in [0.29, 0.717) is 35.7 Å². The molecule has 4 heterocycles. The molecule has 11 nitrogen and oxygen atoms in total. The molecule has 0 spiro atoms. The Hall–Kier alpha value is -5.26. The standard InChI is InChI=1S/C35H37N9O2/c1-24-7-8-27(38-33(45)25-5-3-6-29(21-25)44-15-4-14-37-44)22-32(24)43-16-13-31-30(34(43)46)23-36-35(40-31)39-26-9-11-28(12-10-26)42-19-17-41(2)18-20-42/h3-12,15,21-23,37H,13-14,16-20H2,1-2H3,(H,38,45)(H,36,39,40). The van der Waals surface area contributed by atoms with E-state index >= 15 is 0 Å². The summed E-state index contributed by atoms with van der Waals surface area (Å²) in [5, 5.41) is 8.18. The number of aryl methyl sites for hydroxylation is 1. The number of nitrogens with zero attached hydrogens (tertiary/aromatic N) is 6. The number of rotatable bonds is 7. The molecule has 0 unspecified atom stereocenters. The van der Waals surface area contributed by atoms with E-state index in [2.05, 4.69) is 50.0 Å². The molecule has 1 aromatic heterocycles. The molecule has 11 heteroatoms. The van der Waals surface area contributed by atoms with Crippen molar-refractivity contribution in [2.45, 2.75) is 13.3 Å². The lowest BCUT2D eigenvalue weighted by atomic mass is 10.0. The molecule has 2 amide bonds. The molecular weight excluding hydrogens is 578 g/mol. The second kappa shape index (κ2) is 12.6. The second-order valence-electron chi connectivity index (χ2n) is 11.8. The molecule has 46 heavy (non-hydrogen) atoms. The van der Waals surface area contributed by atoms with Crippen LogP contribution in [0.15, 0.2) is 85.2 Å². The number of nitrogens with one attached hydrogen (secondary N) is 3. The molecule has 0 aliphatic carbocycles. The maximum Gasteiger partial charge on any atom is 0.261 e. The third-order valence-corrected chi connectivity index (χ3v) is 8.69. The van der Waals surface area contributed by atoms with Gasteiger partial charge >= 0.3 is 0 Å². The third kappa shape index (κ3) is 6.15. The highest BCUT2D eigenvalue weighted by atomic mass is 16.2. The third-order valence-electron chi connectivity index (χ3n) is 8.69. The molecule has 0 saturated carbocycles. The minimum absolute atomic E-state index is 0.158. The average Bonchev–Trinajstić information content (AvgIpc) is 3.62. The normalized spacial score (nSPS) is 16.5. The topological polar surface area (TPSA) is 109 Å². The Morgan fingerprint density at radius 3 is 2.50 bits per heavy atom. The highest BCUT2D eigenvalue weighted by Crippen LogP contribution is 2.30. The van der Waals surface area contributed by atoms with Crippen molar-refractivity contribution in [2.24, 2.45) is 0 Å². The molecule has 1 saturated heterocycles. The van der Waals surface area contributed by atoms with Gasteiger partial charge < -0.3 is 25.3 Å². The van der Waals surface area contributed by atoms with Gasteiger partial charge in [-0.25, -0.2) is 15.4 Å². The summed E-state index contributed by atoms with van der Waals surface area (Å²) in [6, 6.07) is 21.4. The van der Waals surface area contributed by atoms with Crippen molar-refractivity contribution in [1.29, 1.82) is 0 Å². The van der Waals surface area contributed by atoms with Crippen LogP contribution in [-0.4, -0.2) is 73.0 Å². The lowest BCUT2D eigenvalue weighted by Crippen LogP contribution is -2.44. The molecule has 234 valence electrons. The van der Waals surface area contributed by atoms with Crippen molar-refractivity contribution in [3.05, 3.63) is 108 Å². The van der Waals surface area contributed by atoms with Gasteiger partial charge in [0.05, 0.1) is 16.9 Å². The summed E-state index contributed by atoms with van der Waals surface area (Å²) >= 11 is 0. The van der Waals surface area contributed by atoms with Crippen LogP contribution in [0.4, 0.5) is 34.4 Å². The summed E-state index contributed by atoms with van der Waals surface area (Å²) in [5.41, 5.74) is 10.2. The van der Waals surface area contributed by atoms with E-state index < -0.39 is 0 Å². The first-order chi connectivity index (χ1) is 22.4. The summed E-state index contributed by atoms with van der Waals surface area (Å²) in [5.74, 6) is 0.0844. The zero-order valence-corrected chi connectivity index (χ0v) is 26.0. The zero-order valence-electron chi connectivity index (χ0n) is 26.0. The monoisotopic (exact) mass is 615 g/mol. The number of fused-ring (bicyclic) bond motifs is 1. The summed E-state index contributed by atoms with van der Waals surface area (Å²) in [7, 11) is 2.15. The summed E-state index contributed by atoms with van der Waals surface area (Å²) in [6.07, 6.45) is 6.14. The van der Waals surface area contributed by atoms with Gasteiger partial charge in [0.1, 0.15) is 0 Å². The molecule has 7 rings (SSSR count). The maximum atomic E-state index is 13.7. The van der Waals surface area contributed by atoms with E-state index in [1.165, 1.54) is 5.69 Å². The first-order valence-electron chi connectivity index (χ1n) is 15.6. The van der Waals surface area contributed by atoms with E-state index in [-0.39, 0.29) is 11.8 Å². The van der Waals surface area contributed by atoms with Crippen molar-refractivity contribution in [3.63, 3.8) is 0 Å². The lowest BCUT2D eigenvalue weighted by Gasteiger charge is -2.34. The fraction of sp³-hybridized carbons (Fsp3) is 0.257. The molecule has 0 bridgehead atoms. The quantitative estimate of drug-likeness (QED) is 0.276. The van der Waals surface area contributed by atoms with E-state index in [1.807, 2.05) is 72.7 Å². The molecule has 1 fully saturated rings. The SMILES string of the molecule is Cc1ccc(NC(=O)c2cccc(N3C=CCN3)c2)cc1N1CCc2nc(Nc3ccc(N4CCN(C)CC4)cc3)ncc2C1=O. The Balaban J connectivity index is 1.02. The minimum atomic E-state index is -0.224. The molecule has 3 N–H and O–H groups in total. The van der Waals surface area contributed by atoms with Crippen LogP contribution in [0.2, 0.25) is 0 Å². The second-order valence-corrected chi connectivity index (χ2v) is 11.8. The van der Waals surface area contributed by atoms with Crippen molar-refractivity contribution in [2.75, 3.05) is 71.8 Å². The average molecular weight is 616 g/mol. The number of anilines is 6. The van der Waals surface area contributed by atoms with E-state index in [9.17, 15) is 9.59 Å². The number of aromatic nitrogens is 2. The van der Waals surface area contributed by atoms with Crippen molar-refractivity contribution >= 4 is 46.2 Å². The van der Waals surface area contributed by atoms with Gasteiger partial charge in [-0.15, -0.1) is 0 Å². The van der Waals surface area contributed by atoms with Gasteiger partial charge in [0.25, 0.3) is 11.8 Å². The van der Waals surface area contributed by atoms with Gasteiger partial charge in [-0.1, -0.05) is 18.2 Å². The van der Waals surface area contributed by atoms with Crippen LogP contribution < -0.4 is 30.9 Å². The highest BCUT2D eigenvalue weighted by molar-refractivity contribution is 6.09. The van der Waals surface area contributed by atoms with E-state index in [1.54, 1.807) is 17.2 Å². The fourth-order valence-electron chi connectivity index (χ4n) is 6.01. The fourth-order valence-corrected chi connectivity index (χ4v) is 6.01. The smallest absolute Gasteiger partial charge is 0.261 e. The minimum Gasteiger partial charge on any atom is -0.369 e. The molecule has 3 aliphatic heterocycles. The number of amides is 2. The van der Waals surface area contributed by atoms with Gasteiger partial charge in [0.15, 0.2) is 0 Å². The predicted molar refractivity (Wildman–Crippen MR) is 182 cm³/mol. The number of hydrazine groups is 1. The number of carbonyl (C=O) groups excluding carboxylic acids is 2. The number of hydrogen-bond donors (Lipinski definition) is 3. The maximum absolute atomic E-state index is 13.7. The van der Waals surface area contributed by atoms with Crippen LogP contribution >= 0.6 is 0 Å². The molecule has 0 radical (unpaired) electrons. The largest absolute Gasteiger partial charge is 0.369 e. The van der Waals surface area contributed by atoms with Gasteiger partial charge in [0, 0.05) is 86.4 Å². The number of piperazine rings is 1. The van der Waals surface area contributed by atoms with E-state index in [4.69, 9.17) is 4.98 Å². The van der Waals surface area contributed by atoms with Crippen molar-refractivity contribution in [1.82, 2.24) is 20.3 Å². The van der Waals surface area contributed by atoms with Gasteiger partial charge in [0.2, 0.25) is 5.95 Å². The van der Waals surface area contributed by atoms with Crippen LogP contribution in [-0.2, 0) is 6.42 Å². The number of hydrogen-bond acceptors (Lipinski definition) is 9. The van der Waals surface area contributed by atoms with Gasteiger partial charge in [-0.3, -0.25) is 14.6 Å². The summed E-state index contributed by atoms with van der Waals surface area (Å²) in [6.45, 7) is 7.34. The van der Waals surface area contributed by atoms with Gasteiger partial charge in [-0.05, 0) is 74.1 Å². The number of carbonyl (C=O) groups is 2. The Kier molecular flexibility index (Phi) is 8.08. The molecule has 4 aromatic rings. The Morgan fingerprint density at radius 1 is 0.913 bits per heavy atom. The summed E-state index contributed by atoms with van der Waals surface area (Å²) < 4.78 is 0. The Labute approximate surface area is 268 Å². The number of likely N-dealkylation sites (N-methyl/N-ethyl adjacent to an activating group) is 1. The Bertz CT molecular complexity index is 1800. The molecule has 3 aliphatic rings. The zero-order chi connectivity index (χ0) is 31.6. The first-order valence-corrected chi connectivity index (χ1v) is 15.6. The van der Waals surface area contributed by atoms with Gasteiger partial charge in [-0.2, -0.15) is 0 Å². The Morgan fingerprint density at radius 2 is 1.72 bits per heavy atom. The van der Waals surface area contributed by atoms with Crippen LogP contribution in [0.3, 0.4) is 0 Å². The van der Waals surface area contributed by atoms with Crippen LogP contribution in [0.1, 0.15) is 32.0 Å². The molecule has 0 atom stereocenters. The van der Waals surface area contributed by atoms with Crippen LogP contribution in [0, 0.1) is 6.92 Å². The predicted octanol–water partition coefficient (Wildman–Crippen LogP) is 4.57. The van der Waals surface area contributed by atoms with Crippen LogP contribution in [0.5, 0.6) is 0 Å². The summed E-state index contributed by atoms with van der Waals surface area (Å²) in [4.78, 5) is 42.5. The number of benzene rings is 3. The van der Waals surface area contributed by atoms with Crippen LogP contribution in [0.25, 0.3) is 0 Å². The van der Waals surface area contributed by atoms with E-state index in [0.717, 1.165) is 61.0 Å². The first kappa shape index (κ1) is 29.5. The molecule has 3 aromatic carbocycles. The van der Waals surface area contributed by atoms with Crippen molar-refractivity contribution < 1.29 is 9.59 Å². The van der Waals surface area contributed by atoms with Crippen molar-refractivity contribution in [3.8, 4) is 0 Å². The molecular formula is C35H37N9O2.